The molecule has 22 heavy (non-hydrogen) atoms. The Morgan fingerprint density at radius 3 is 2.77 bits per heavy atom. The van der Waals surface area contributed by atoms with Crippen LogP contribution in [0.5, 0.6) is 0 Å². The minimum absolute atomic E-state index is 0.0759. The average molecular weight is 325 g/mol. The van der Waals surface area contributed by atoms with Crippen LogP contribution in [0.4, 0.5) is 0 Å². The Kier molecular flexibility index (Phi) is 5.03. The minimum Gasteiger partial charge on any atom is -0.480 e. The molecule has 3 N–H and O–H groups in total. The van der Waals surface area contributed by atoms with Gasteiger partial charge in [-0.3, -0.25) is 9.59 Å². The van der Waals surface area contributed by atoms with Crippen molar-refractivity contribution < 1.29 is 19.5 Å². The Morgan fingerprint density at radius 2 is 2.23 bits per heavy atom. The van der Waals surface area contributed by atoms with Crippen LogP contribution in [0.3, 0.4) is 0 Å². The number of hydrogen-bond acceptors (Lipinski definition) is 3. The molecule has 0 spiro atoms. The number of halogens is 1. The first-order valence-electron chi connectivity index (χ1n) is 6.96. The van der Waals surface area contributed by atoms with Gasteiger partial charge in [0.05, 0.1) is 0 Å². The second kappa shape index (κ2) is 6.79. The van der Waals surface area contributed by atoms with Crippen LogP contribution in [-0.2, 0) is 9.59 Å². The lowest BCUT2D eigenvalue weighted by molar-refractivity contribution is -0.139. The number of carboxylic acid groups (broad SMARTS) is 1. The largest absolute Gasteiger partial charge is 0.480 e. The Bertz CT molecular complexity index is 618. The number of aryl methyl sites for hydroxylation is 1. The van der Waals surface area contributed by atoms with E-state index in [-0.39, 0.29) is 23.8 Å². The first-order chi connectivity index (χ1) is 10.4. The van der Waals surface area contributed by atoms with Crippen molar-refractivity contribution >= 4 is 29.4 Å². The summed E-state index contributed by atoms with van der Waals surface area (Å²) in [7, 11) is 0. The van der Waals surface area contributed by atoms with Crippen molar-refractivity contribution in [2.24, 2.45) is 5.92 Å². The zero-order chi connectivity index (χ0) is 16.3. The van der Waals surface area contributed by atoms with Gasteiger partial charge in [-0.15, -0.1) is 0 Å². The van der Waals surface area contributed by atoms with E-state index in [1.54, 1.807) is 12.1 Å². The second-order valence-electron chi connectivity index (χ2n) is 5.34. The molecule has 1 aromatic rings. The summed E-state index contributed by atoms with van der Waals surface area (Å²) in [5.74, 6) is -2.24. The van der Waals surface area contributed by atoms with Crippen molar-refractivity contribution in [2.75, 3.05) is 6.54 Å². The van der Waals surface area contributed by atoms with E-state index in [1.165, 1.54) is 6.07 Å². The number of aliphatic carboxylic acids is 1. The van der Waals surface area contributed by atoms with E-state index in [0.29, 0.717) is 18.0 Å². The van der Waals surface area contributed by atoms with Gasteiger partial charge in [0.25, 0.3) is 5.91 Å². The predicted octanol–water partition coefficient (Wildman–Crippen LogP) is 1.36. The van der Waals surface area contributed by atoms with Crippen LogP contribution in [0.2, 0.25) is 5.02 Å². The molecule has 1 saturated heterocycles. The van der Waals surface area contributed by atoms with Gasteiger partial charge in [0.2, 0.25) is 5.91 Å². The number of amides is 2. The Balaban J connectivity index is 2.06. The van der Waals surface area contributed by atoms with Gasteiger partial charge in [-0.05, 0) is 37.5 Å². The van der Waals surface area contributed by atoms with Crippen molar-refractivity contribution in [1.29, 1.82) is 0 Å². The van der Waals surface area contributed by atoms with E-state index in [4.69, 9.17) is 11.6 Å². The smallest absolute Gasteiger partial charge is 0.326 e. The summed E-state index contributed by atoms with van der Waals surface area (Å²) in [6, 6.07) is 3.66. The molecule has 0 unspecified atom stereocenters. The van der Waals surface area contributed by atoms with Gasteiger partial charge < -0.3 is 15.7 Å². The fourth-order valence-corrected chi connectivity index (χ4v) is 2.53. The molecular weight excluding hydrogens is 308 g/mol. The maximum atomic E-state index is 12.1. The lowest BCUT2D eigenvalue weighted by Crippen LogP contribution is -2.42. The summed E-state index contributed by atoms with van der Waals surface area (Å²) in [6.07, 6.45) is 0.654. The lowest BCUT2D eigenvalue weighted by atomic mass is 9.98. The maximum absolute atomic E-state index is 12.1. The topological polar surface area (TPSA) is 95.5 Å². The molecule has 118 valence electrons. The standard InChI is InChI=1S/C15H17ClN2O4/c1-8-2-3-9(6-11(8)16)14(20)18-12(15(21)22)7-10-4-5-17-13(10)19/h2-3,6,10,12H,4-5,7H2,1H3,(H,17,19)(H,18,20)(H,21,22)/t10-,12-/m0/s1. The van der Waals surface area contributed by atoms with Crippen LogP contribution in [0.1, 0.15) is 28.8 Å². The normalized spacial score (nSPS) is 18.6. The second-order valence-corrected chi connectivity index (χ2v) is 5.75. The first kappa shape index (κ1) is 16.3. The molecule has 7 heteroatoms. The van der Waals surface area contributed by atoms with Crippen LogP contribution in [0, 0.1) is 12.8 Å². The number of benzene rings is 1. The molecule has 0 radical (unpaired) electrons. The first-order valence-corrected chi connectivity index (χ1v) is 7.34. The molecule has 0 aliphatic carbocycles. The average Bonchev–Trinajstić information content (AvgIpc) is 2.86. The molecule has 2 atom stereocenters. The Labute approximate surface area is 132 Å². The van der Waals surface area contributed by atoms with Gasteiger partial charge in [0.15, 0.2) is 0 Å². The van der Waals surface area contributed by atoms with Crippen LogP contribution in [0.25, 0.3) is 0 Å². The predicted molar refractivity (Wildman–Crippen MR) is 80.8 cm³/mol. The summed E-state index contributed by atoms with van der Waals surface area (Å²) in [5.41, 5.74) is 1.12. The van der Waals surface area contributed by atoms with Gasteiger partial charge in [0, 0.05) is 23.0 Å². The van der Waals surface area contributed by atoms with Crippen LogP contribution in [0.15, 0.2) is 18.2 Å². The lowest BCUT2D eigenvalue weighted by Gasteiger charge is -2.17. The number of carbonyl (C=O) groups is 3. The number of hydrogen-bond donors (Lipinski definition) is 3. The van der Waals surface area contributed by atoms with Crippen molar-refractivity contribution in [3.8, 4) is 0 Å². The summed E-state index contributed by atoms with van der Waals surface area (Å²) in [4.78, 5) is 35.0. The summed E-state index contributed by atoms with van der Waals surface area (Å²) in [6.45, 7) is 2.35. The number of nitrogens with one attached hydrogen (secondary N) is 2. The third-order valence-corrected chi connectivity index (χ3v) is 4.13. The van der Waals surface area contributed by atoms with Gasteiger partial charge in [-0.25, -0.2) is 4.79 Å². The molecule has 0 saturated carbocycles. The van der Waals surface area contributed by atoms with Gasteiger partial charge >= 0.3 is 5.97 Å². The van der Waals surface area contributed by atoms with E-state index in [0.717, 1.165) is 5.56 Å². The highest BCUT2D eigenvalue weighted by Gasteiger charge is 2.31. The van der Waals surface area contributed by atoms with Crippen molar-refractivity contribution in [2.45, 2.75) is 25.8 Å². The fraction of sp³-hybridized carbons (Fsp3) is 0.400. The quantitative estimate of drug-likeness (QED) is 0.762. The number of rotatable bonds is 5. The van der Waals surface area contributed by atoms with Crippen molar-refractivity contribution in [3.63, 3.8) is 0 Å². The molecule has 1 aliphatic heterocycles. The Hall–Kier alpha value is -2.08. The summed E-state index contributed by atoms with van der Waals surface area (Å²) >= 11 is 5.96. The van der Waals surface area contributed by atoms with Gasteiger partial charge in [0.1, 0.15) is 6.04 Å². The molecule has 2 rings (SSSR count). The van der Waals surface area contributed by atoms with E-state index in [2.05, 4.69) is 10.6 Å². The van der Waals surface area contributed by atoms with Crippen molar-refractivity contribution in [1.82, 2.24) is 10.6 Å². The van der Waals surface area contributed by atoms with Crippen LogP contribution in [-0.4, -0.2) is 35.5 Å². The molecule has 1 fully saturated rings. The molecule has 1 aromatic carbocycles. The van der Waals surface area contributed by atoms with E-state index in [1.807, 2.05) is 6.92 Å². The highest BCUT2D eigenvalue weighted by atomic mass is 35.5. The van der Waals surface area contributed by atoms with Crippen LogP contribution >= 0.6 is 11.6 Å². The molecule has 0 bridgehead atoms. The SMILES string of the molecule is Cc1ccc(C(=O)N[C@@H](C[C@@H]2CCNC2=O)C(=O)O)cc1Cl. The third kappa shape index (κ3) is 3.76. The zero-order valence-electron chi connectivity index (χ0n) is 12.1. The molecule has 6 nitrogen and oxygen atoms in total. The Morgan fingerprint density at radius 1 is 1.50 bits per heavy atom. The monoisotopic (exact) mass is 324 g/mol. The number of carboxylic acids is 1. The van der Waals surface area contributed by atoms with Crippen LogP contribution < -0.4 is 10.6 Å². The van der Waals surface area contributed by atoms with E-state index < -0.39 is 17.9 Å². The molecule has 0 aromatic heterocycles. The molecule has 1 aliphatic rings. The highest BCUT2D eigenvalue weighted by molar-refractivity contribution is 6.31. The number of carbonyl (C=O) groups excluding carboxylic acids is 2. The highest BCUT2D eigenvalue weighted by Crippen LogP contribution is 2.19. The minimum atomic E-state index is -1.16. The maximum Gasteiger partial charge on any atom is 0.326 e. The summed E-state index contributed by atoms with van der Waals surface area (Å²) in [5, 5.41) is 14.8. The van der Waals surface area contributed by atoms with E-state index >= 15 is 0 Å². The van der Waals surface area contributed by atoms with Crippen molar-refractivity contribution in [3.05, 3.63) is 34.3 Å². The van der Waals surface area contributed by atoms with E-state index in [9.17, 15) is 19.5 Å². The van der Waals surface area contributed by atoms with Gasteiger partial charge in [-0.2, -0.15) is 0 Å². The molecule has 2 amide bonds. The fourth-order valence-electron chi connectivity index (χ4n) is 2.35. The zero-order valence-corrected chi connectivity index (χ0v) is 12.8. The molecular formula is C15H17ClN2O4. The summed E-state index contributed by atoms with van der Waals surface area (Å²) < 4.78 is 0. The van der Waals surface area contributed by atoms with Gasteiger partial charge in [-0.1, -0.05) is 17.7 Å². The third-order valence-electron chi connectivity index (χ3n) is 3.72. The molecule has 1 heterocycles.